The maximum absolute atomic E-state index is 13.4. The molecule has 0 fully saturated rings. The van der Waals surface area contributed by atoms with Crippen LogP contribution in [0.3, 0.4) is 0 Å². The highest BCUT2D eigenvalue weighted by Gasteiger charge is 2.17. The molecule has 1 atom stereocenters. The van der Waals surface area contributed by atoms with Crippen molar-refractivity contribution in [3.8, 4) is 5.75 Å². The highest BCUT2D eigenvalue weighted by Crippen LogP contribution is 2.31. The summed E-state index contributed by atoms with van der Waals surface area (Å²) in [4.78, 5) is 0. The molecule has 0 aliphatic carbocycles. The first kappa shape index (κ1) is 12.2. The number of hydrogen-bond donors (Lipinski definition) is 1. The third-order valence-electron chi connectivity index (χ3n) is 3.41. The van der Waals surface area contributed by atoms with Gasteiger partial charge in [0.15, 0.2) is 0 Å². The van der Waals surface area contributed by atoms with Crippen LogP contribution in [0.4, 0.5) is 4.39 Å². The summed E-state index contributed by atoms with van der Waals surface area (Å²) in [5.41, 5.74) is 3.26. The first-order valence-corrected chi connectivity index (χ1v) is 6.34. The van der Waals surface area contributed by atoms with Crippen molar-refractivity contribution in [3.05, 3.63) is 64.5 Å². The van der Waals surface area contributed by atoms with Crippen LogP contribution in [-0.2, 0) is 6.42 Å². The number of aryl methyl sites for hydroxylation is 1. The standard InChI is InChI=1S/C16H15FO2/c1-10-6-13(9-14(17)7-10)16(18)12-2-3-15-11(8-12)4-5-19-15/h2-3,6-9,16,18H,4-5H2,1H3. The van der Waals surface area contributed by atoms with Gasteiger partial charge in [0.2, 0.25) is 0 Å². The highest BCUT2D eigenvalue weighted by atomic mass is 19.1. The minimum atomic E-state index is -0.805. The Morgan fingerprint density at radius 1 is 1.16 bits per heavy atom. The van der Waals surface area contributed by atoms with Gasteiger partial charge in [0.05, 0.1) is 6.61 Å². The number of rotatable bonds is 2. The molecular weight excluding hydrogens is 243 g/mol. The van der Waals surface area contributed by atoms with E-state index in [0.29, 0.717) is 12.2 Å². The number of halogens is 1. The van der Waals surface area contributed by atoms with Crippen molar-refractivity contribution in [2.24, 2.45) is 0 Å². The molecular formula is C16H15FO2. The maximum Gasteiger partial charge on any atom is 0.123 e. The second-order valence-electron chi connectivity index (χ2n) is 4.93. The molecule has 0 saturated carbocycles. The fourth-order valence-electron chi connectivity index (χ4n) is 2.49. The van der Waals surface area contributed by atoms with Crippen LogP contribution in [0.25, 0.3) is 0 Å². The summed E-state index contributed by atoms with van der Waals surface area (Å²) in [5.74, 6) is 0.560. The Morgan fingerprint density at radius 2 is 2.00 bits per heavy atom. The zero-order valence-corrected chi connectivity index (χ0v) is 10.7. The van der Waals surface area contributed by atoms with E-state index in [2.05, 4.69) is 0 Å². The SMILES string of the molecule is Cc1cc(F)cc(C(O)c2ccc3c(c2)CCO3)c1. The molecule has 2 aromatic rings. The van der Waals surface area contributed by atoms with Crippen molar-refractivity contribution in [2.45, 2.75) is 19.4 Å². The number of hydrogen-bond acceptors (Lipinski definition) is 2. The Hall–Kier alpha value is -1.87. The Balaban J connectivity index is 1.97. The maximum atomic E-state index is 13.4. The first-order valence-electron chi connectivity index (χ1n) is 6.34. The van der Waals surface area contributed by atoms with Gasteiger partial charge >= 0.3 is 0 Å². The molecule has 19 heavy (non-hydrogen) atoms. The summed E-state index contributed by atoms with van der Waals surface area (Å²) in [6.07, 6.45) is 0.0539. The van der Waals surface area contributed by atoms with Crippen LogP contribution in [0.2, 0.25) is 0 Å². The first-order chi connectivity index (χ1) is 9.13. The summed E-state index contributed by atoms with van der Waals surface area (Å²) >= 11 is 0. The van der Waals surface area contributed by atoms with Crippen molar-refractivity contribution in [2.75, 3.05) is 6.61 Å². The predicted molar refractivity (Wildman–Crippen MR) is 70.8 cm³/mol. The van der Waals surface area contributed by atoms with Gasteiger partial charge in [0.1, 0.15) is 17.7 Å². The number of aliphatic hydroxyl groups is 1. The average molecular weight is 258 g/mol. The molecule has 1 heterocycles. The van der Waals surface area contributed by atoms with Crippen LogP contribution in [0, 0.1) is 12.7 Å². The summed E-state index contributed by atoms with van der Waals surface area (Å²) in [6, 6.07) is 10.3. The summed E-state index contributed by atoms with van der Waals surface area (Å²) in [7, 11) is 0. The van der Waals surface area contributed by atoms with E-state index in [9.17, 15) is 9.50 Å². The molecule has 1 N–H and O–H groups in total. The van der Waals surface area contributed by atoms with E-state index >= 15 is 0 Å². The molecule has 0 radical (unpaired) electrons. The number of ether oxygens (including phenoxy) is 1. The Bertz CT molecular complexity index is 602. The van der Waals surface area contributed by atoms with Gasteiger partial charge in [-0.2, -0.15) is 0 Å². The van der Waals surface area contributed by atoms with Crippen molar-refractivity contribution in [1.82, 2.24) is 0 Å². The molecule has 0 amide bonds. The van der Waals surface area contributed by atoms with Crippen LogP contribution in [-0.4, -0.2) is 11.7 Å². The van der Waals surface area contributed by atoms with Crippen molar-refractivity contribution in [1.29, 1.82) is 0 Å². The lowest BCUT2D eigenvalue weighted by molar-refractivity contribution is 0.219. The molecule has 1 aliphatic rings. The molecule has 1 unspecified atom stereocenters. The Labute approximate surface area is 111 Å². The van der Waals surface area contributed by atoms with Gasteiger partial charge in [-0.15, -0.1) is 0 Å². The fraction of sp³-hybridized carbons (Fsp3) is 0.250. The van der Waals surface area contributed by atoms with Gasteiger partial charge in [-0.05, 0) is 53.4 Å². The smallest absolute Gasteiger partial charge is 0.123 e. The van der Waals surface area contributed by atoms with E-state index in [0.717, 1.165) is 28.9 Å². The van der Waals surface area contributed by atoms with Crippen LogP contribution in [0.1, 0.15) is 28.4 Å². The third kappa shape index (κ3) is 2.34. The van der Waals surface area contributed by atoms with Crippen LogP contribution >= 0.6 is 0 Å². The predicted octanol–water partition coefficient (Wildman–Crippen LogP) is 3.15. The second-order valence-corrected chi connectivity index (χ2v) is 4.93. The third-order valence-corrected chi connectivity index (χ3v) is 3.41. The Morgan fingerprint density at radius 3 is 2.79 bits per heavy atom. The van der Waals surface area contributed by atoms with Gasteiger partial charge < -0.3 is 9.84 Å². The van der Waals surface area contributed by atoms with Crippen LogP contribution < -0.4 is 4.74 Å². The van der Waals surface area contributed by atoms with Gasteiger partial charge in [-0.1, -0.05) is 12.1 Å². The molecule has 98 valence electrons. The van der Waals surface area contributed by atoms with Gasteiger partial charge in [0.25, 0.3) is 0 Å². The number of aliphatic hydroxyl groups excluding tert-OH is 1. The normalized spacial score (nSPS) is 14.9. The van der Waals surface area contributed by atoms with Crippen molar-refractivity contribution in [3.63, 3.8) is 0 Å². The molecule has 0 saturated heterocycles. The molecule has 0 spiro atoms. The highest BCUT2D eigenvalue weighted by molar-refractivity contribution is 5.43. The quantitative estimate of drug-likeness (QED) is 0.896. The van der Waals surface area contributed by atoms with Gasteiger partial charge in [-0.3, -0.25) is 0 Å². The largest absolute Gasteiger partial charge is 0.493 e. The summed E-state index contributed by atoms with van der Waals surface area (Å²) < 4.78 is 18.8. The summed E-state index contributed by atoms with van der Waals surface area (Å²) in [6.45, 7) is 2.50. The van der Waals surface area contributed by atoms with E-state index in [1.165, 1.54) is 12.1 Å². The van der Waals surface area contributed by atoms with E-state index in [1.807, 2.05) is 25.1 Å². The lowest BCUT2D eigenvalue weighted by atomic mass is 9.97. The Kier molecular flexibility index (Phi) is 2.99. The topological polar surface area (TPSA) is 29.5 Å². The zero-order valence-electron chi connectivity index (χ0n) is 10.7. The fourth-order valence-corrected chi connectivity index (χ4v) is 2.49. The second kappa shape index (κ2) is 4.67. The van der Waals surface area contributed by atoms with Gasteiger partial charge in [0, 0.05) is 6.42 Å². The van der Waals surface area contributed by atoms with Gasteiger partial charge in [-0.25, -0.2) is 4.39 Å². The zero-order chi connectivity index (χ0) is 13.4. The molecule has 1 aliphatic heterocycles. The minimum absolute atomic E-state index is 0.321. The molecule has 0 bridgehead atoms. The molecule has 3 heteroatoms. The van der Waals surface area contributed by atoms with E-state index in [4.69, 9.17) is 4.74 Å². The van der Waals surface area contributed by atoms with Crippen LogP contribution in [0.5, 0.6) is 5.75 Å². The number of fused-ring (bicyclic) bond motifs is 1. The summed E-state index contributed by atoms with van der Waals surface area (Å²) in [5, 5.41) is 10.4. The van der Waals surface area contributed by atoms with E-state index in [-0.39, 0.29) is 5.82 Å². The number of benzene rings is 2. The van der Waals surface area contributed by atoms with E-state index in [1.54, 1.807) is 6.07 Å². The molecule has 2 nitrogen and oxygen atoms in total. The minimum Gasteiger partial charge on any atom is -0.493 e. The molecule has 3 rings (SSSR count). The van der Waals surface area contributed by atoms with Crippen LogP contribution in [0.15, 0.2) is 36.4 Å². The molecule has 0 aromatic heterocycles. The van der Waals surface area contributed by atoms with E-state index < -0.39 is 6.10 Å². The lowest BCUT2D eigenvalue weighted by Crippen LogP contribution is -2.01. The average Bonchev–Trinajstić information content (AvgIpc) is 2.83. The monoisotopic (exact) mass is 258 g/mol. The lowest BCUT2D eigenvalue weighted by Gasteiger charge is -2.13. The van der Waals surface area contributed by atoms with Crippen molar-refractivity contribution >= 4 is 0 Å². The van der Waals surface area contributed by atoms with Crippen molar-refractivity contribution < 1.29 is 14.2 Å². The molecule has 2 aromatic carbocycles.